The number of benzene rings is 1. The van der Waals surface area contributed by atoms with Gasteiger partial charge in [-0.15, -0.1) is 0 Å². The number of carbonyl (C=O) groups excluding carboxylic acids is 2. The highest BCUT2D eigenvalue weighted by Crippen LogP contribution is 2.38. The summed E-state index contributed by atoms with van der Waals surface area (Å²) in [6, 6.07) is 8.07. The molecule has 1 amide bonds. The second-order valence-corrected chi connectivity index (χ2v) is 7.58. The first-order valence-electron chi connectivity index (χ1n) is 6.91. The van der Waals surface area contributed by atoms with Gasteiger partial charge in [0.25, 0.3) is 0 Å². The Labute approximate surface area is 128 Å². The van der Waals surface area contributed by atoms with Gasteiger partial charge in [0.15, 0.2) is 15.6 Å². The predicted molar refractivity (Wildman–Crippen MR) is 80.7 cm³/mol. The molecular weight excluding hydrogens is 302 g/mol. The van der Waals surface area contributed by atoms with Crippen LogP contribution >= 0.6 is 0 Å². The zero-order valence-corrected chi connectivity index (χ0v) is 12.5. The van der Waals surface area contributed by atoms with Crippen LogP contribution in [0.3, 0.4) is 0 Å². The number of carbonyl (C=O) groups is 2. The number of rotatable bonds is 3. The number of ketones is 1. The molecule has 1 aliphatic heterocycles. The van der Waals surface area contributed by atoms with E-state index in [1.54, 1.807) is 30.4 Å². The fraction of sp³-hybridized carbons (Fsp3) is 0.250. The molecule has 1 N–H and O–H groups in total. The molecule has 1 unspecified atom stereocenters. The Hall–Kier alpha value is -2.21. The molecule has 1 fully saturated rings. The fourth-order valence-electron chi connectivity index (χ4n) is 2.84. The van der Waals surface area contributed by atoms with Crippen LogP contribution in [0.25, 0.3) is 0 Å². The van der Waals surface area contributed by atoms with Gasteiger partial charge in [-0.25, -0.2) is 8.42 Å². The van der Waals surface area contributed by atoms with Crippen LogP contribution in [0.15, 0.2) is 59.5 Å². The zero-order valence-electron chi connectivity index (χ0n) is 11.7. The topological polar surface area (TPSA) is 80.3 Å². The van der Waals surface area contributed by atoms with E-state index in [1.807, 2.05) is 0 Å². The highest BCUT2D eigenvalue weighted by Gasteiger charge is 2.47. The molecule has 2 aliphatic rings. The Morgan fingerprint density at radius 3 is 2.36 bits per heavy atom. The summed E-state index contributed by atoms with van der Waals surface area (Å²) in [5.41, 5.74) is -0.743. The van der Waals surface area contributed by atoms with Crippen molar-refractivity contribution in [2.45, 2.75) is 4.90 Å². The SMILES string of the molecule is O=C1C=CC2(C=C1)CNC(=O)C2CS(=O)(=O)c1ccccc1. The quantitative estimate of drug-likeness (QED) is 0.898. The van der Waals surface area contributed by atoms with Crippen molar-refractivity contribution in [1.29, 1.82) is 0 Å². The van der Waals surface area contributed by atoms with Crippen LogP contribution in [-0.2, 0) is 19.4 Å². The second kappa shape index (κ2) is 5.21. The van der Waals surface area contributed by atoms with Crippen LogP contribution in [0.5, 0.6) is 0 Å². The molecule has 0 aromatic heterocycles. The summed E-state index contributed by atoms with van der Waals surface area (Å²) in [5, 5.41) is 2.70. The molecule has 1 aromatic rings. The van der Waals surface area contributed by atoms with Crippen LogP contribution in [0, 0.1) is 11.3 Å². The highest BCUT2D eigenvalue weighted by molar-refractivity contribution is 7.91. The fourth-order valence-corrected chi connectivity index (χ4v) is 4.51. The van der Waals surface area contributed by atoms with Gasteiger partial charge >= 0.3 is 0 Å². The minimum Gasteiger partial charge on any atom is -0.355 e. The van der Waals surface area contributed by atoms with Crippen LogP contribution in [-0.4, -0.2) is 32.4 Å². The summed E-state index contributed by atoms with van der Waals surface area (Å²) >= 11 is 0. The van der Waals surface area contributed by atoms with Crippen molar-refractivity contribution in [2.75, 3.05) is 12.3 Å². The molecule has 0 radical (unpaired) electrons. The number of sulfone groups is 1. The van der Waals surface area contributed by atoms with Gasteiger partial charge in [0.05, 0.1) is 16.6 Å². The summed E-state index contributed by atoms with van der Waals surface area (Å²) in [5.74, 6) is -1.48. The van der Waals surface area contributed by atoms with Crippen molar-refractivity contribution in [2.24, 2.45) is 11.3 Å². The third-order valence-electron chi connectivity index (χ3n) is 4.14. The Kier molecular flexibility index (Phi) is 3.48. The lowest BCUT2D eigenvalue weighted by Crippen LogP contribution is -2.34. The zero-order chi connectivity index (χ0) is 15.8. The van der Waals surface area contributed by atoms with Crippen molar-refractivity contribution in [3.8, 4) is 0 Å². The van der Waals surface area contributed by atoms with E-state index in [0.717, 1.165) is 0 Å². The predicted octanol–water partition coefficient (Wildman–Crippen LogP) is 0.888. The maximum atomic E-state index is 12.5. The van der Waals surface area contributed by atoms with Crippen LogP contribution in [0.4, 0.5) is 0 Å². The lowest BCUT2D eigenvalue weighted by atomic mass is 9.76. The smallest absolute Gasteiger partial charge is 0.225 e. The number of hydrogen-bond donors (Lipinski definition) is 1. The summed E-state index contributed by atoms with van der Waals surface area (Å²) in [6.45, 7) is 0.307. The Balaban J connectivity index is 1.93. The highest BCUT2D eigenvalue weighted by atomic mass is 32.2. The van der Waals surface area contributed by atoms with Gasteiger partial charge in [-0.05, 0) is 24.3 Å². The third-order valence-corrected chi connectivity index (χ3v) is 5.90. The van der Waals surface area contributed by atoms with E-state index in [-0.39, 0.29) is 22.3 Å². The van der Waals surface area contributed by atoms with Gasteiger partial charge in [0, 0.05) is 12.0 Å². The first kappa shape index (κ1) is 14.7. The number of hydrogen-bond acceptors (Lipinski definition) is 4. The summed E-state index contributed by atoms with van der Waals surface area (Å²) in [7, 11) is -3.58. The monoisotopic (exact) mass is 317 g/mol. The number of nitrogens with one attached hydrogen (secondary N) is 1. The Morgan fingerprint density at radius 1 is 1.09 bits per heavy atom. The van der Waals surface area contributed by atoms with Crippen molar-refractivity contribution in [3.05, 3.63) is 54.6 Å². The molecule has 1 saturated heterocycles. The Morgan fingerprint density at radius 2 is 1.73 bits per heavy atom. The van der Waals surface area contributed by atoms with Gasteiger partial charge in [-0.3, -0.25) is 9.59 Å². The van der Waals surface area contributed by atoms with Crippen LogP contribution in [0.2, 0.25) is 0 Å². The molecule has 0 bridgehead atoms. The number of allylic oxidation sites excluding steroid dienone is 2. The molecule has 0 saturated carbocycles. The van der Waals surface area contributed by atoms with Gasteiger partial charge in [0.1, 0.15) is 0 Å². The maximum absolute atomic E-state index is 12.5. The molecule has 1 heterocycles. The van der Waals surface area contributed by atoms with Crippen molar-refractivity contribution < 1.29 is 18.0 Å². The molecular formula is C16H15NO4S. The van der Waals surface area contributed by atoms with Gasteiger partial charge in [-0.2, -0.15) is 0 Å². The van der Waals surface area contributed by atoms with Crippen molar-refractivity contribution >= 4 is 21.5 Å². The lowest BCUT2D eigenvalue weighted by Gasteiger charge is -2.28. The first-order chi connectivity index (χ1) is 10.4. The van der Waals surface area contributed by atoms with E-state index in [9.17, 15) is 18.0 Å². The average Bonchev–Trinajstić information content (AvgIpc) is 2.81. The standard InChI is InChI=1S/C16H15NO4S/c18-12-6-8-16(9-7-12)11-17-15(19)14(16)10-22(20,21)13-4-2-1-3-5-13/h1-9,14H,10-11H2,(H,17,19). The van der Waals surface area contributed by atoms with E-state index in [1.165, 1.54) is 24.3 Å². The van der Waals surface area contributed by atoms with E-state index < -0.39 is 21.2 Å². The van der Waals surface area contributed by atoms with Gasteiger partial charge in [0.2, 0.25) is 5.91 Å². The molecule has 114 valence electrons. The lowest BCUT2D eigenvalue weighted by molar-refractivity contribution is -0.122. The normalized spacial score (nSPS) is 23.0. The molecule has 1 aliphatic carbocycles. The van der Waals surface area contributed by atoms with Crippen LogP contribution < -0.4 is 5.32 Å². The van der Waals surface area contributed by atoms with Crippen molar-refractivity contribution in [1.82, 2.24) is 5.32 Å². The minimum absolute atomic E-state index is 0.158. The molecule has 5 nitrogen and oxygen atoms in total. The molecule has 1 aromatic carbocycles. The third kappa shape index (κ3) is 2.50. The van der Waals surface area contributed by atoms with Gasteiger partial charge in [-0.1, -0.05) is 30.4 Å². The van der Waals surface area contributed by atoms with E-state index in [0.29, 0.717) is 6.54 Å². The first-order valence-corrected chi connectivity index (χ1v) is 8.56. The number of amides is 1. The second-order valence-electron chi connectivity index (χ2n) is 5.55. The average molecular weight is 317 g/mol. The molecule has 3 rings (SSSR count). The van der Waals surface area contributed by atoms with E-state index in [4.69, 9.17) is 0 Å². The van der Waals surface area contributed by atoms with Crippen LogP contribution in [0.1, 0.15) is 0 Å². The summed E-state index contributed by atoms with van der Waals surface area (Å²) in [4.78, 5) is 23.6. The van der Waals surface area contributed by atoms with E-state index in [2.05, 4.69) is 5.32 Å². The van der Waals surface area contributed by atoms with Crippen molar-refractivity contribution in [3.63, 3.8) is 0 Å². The molecule has 6 heteroatoms. The molecule has 22 heavy (non-hydrogen) atoms. The summed E-state index contributed by atoms with van der Waals surface area (Å²) < 4.78 is 25.1. The summed E-state index contributed by atoms with van der Waals surface area (Å²) in [6.07, 6.45) is 6.06. The maximum Gasteiger partial charge on any atom is 0.225 e. The molecule has 1 atom stereocenters. The Bertz CT molecular complexity index is 762. The molecule has 1 spiro atoms. The minimum atomic E-state index is -3.58. The van der Waals surface area contributed by atoms with Gasteiger partial charge < -0.3 is 5.32 Å². The van der Waals surface area contributed by atoms with E-state index >= 15 is 0 Å². The largest absolute Gasteiger partial charge is 0.355 e.